The number of carbonyl (C=O) groups is 1. The van der Waals surface area contributed by atoms with Crippen molar-refractivity contribution in [2.24, 2.45) is 0 Å². The van der Waals surface area contributed by atoms with E-state index in [2.05, 4.69) is 17.5 Å². The molecule has 2 rings (SSSR count). The van der Waals surface area contributed by atoms with E-state index in [0.717, 1.165) is 0 Å². The lowest BCUT2D eigenvalue weighted by Gasteiger charge is -2.16. The monoisotopic (exact) mass is 249 g/mol. The zero-order valence-corrected chi connectivity index (χ0v) is 10.5. The molecule has 3 nitrogen and oxygen atoms in total. The van der Waals surface area contributed by atoms with Crippen LogP contribution in [0.1, 0.15) is 12.0 Å². The normalized spacial score (nSPS) is 10.7. The van der Waals surface area contributed by atoms with Crippen LogP contribution in [0.4, 0.5) is 0 Å². The van der Waals surface area contributed by atoms with Crippen molar-refractivity contribution >= 4 is 27.3 Å². The van der Waals surface area contributed by atoms with Gasteiger partial charge in [-0.3, -0.25) is 4.79 Å². The number of amides is 1. The van der Waals surface area contributed by atoms with Crippen LogP contribution in [0.5, 0.6) is 0 Å². The van der Waals surface area contributed by atoms with Crippen LogP contribution in [-0.4, -0.2) is 29.6 Å². The average Bonchev–Trinajstić information content (AvgIpc) is 2.73. The Labute approximate surface area is 104 Å². The number of rotatable bonds is 4. The summed E-state index contributed by atoms with van der Waals surface area (Å²) >= 11 is 1.69. The standard InChI is InChI=1S/C13H15NO2S/c1-14(13(16)6-7-15)8-10-9-17-12-5-3-2-4-11(10)12/h2-5,9,15H,6-8H2,1H3. The number of nitrogens with zero attached hydrogens (tertiary/aromatic N) is 1. The minimum Gasteiger partial charge on any atom is -0.396 e. The number of aliphatic hydroxyl groups is 1. The molecule has 1 N–H and O–H groups in total. The highest BCUT2D eigenvalue weighted by molar-refractivity contribution is 7.17. The number of carbonyl (C=O) groups excluding carboxylic acids is 1. The molecule has 0 aliphatic carbocycles. The first-order valence-corrected chi connectivity index (χ1v) is 6.40. The van der Waals surface area contributed by atoms with Gasteiger partial charge in [-0.2, -0.15) is 0 Å². The fourth-order valence-electron chi connectivity index (χ4n) is 1.79. The Morgan fingerprint density at radius 1 is 1.41 bits per heavy atom. The van der Waals surface area contributed by atoms with E-state index in [4.69, 9.17) is 5.11 Å². The van der Waals surface area contributed by atoms with E-state index >= 15 is 0 Å². The lowest BCUT2D eigenvalue weighted by Crippen LogP contribution is -2.26. The SMILES string of the molecule is CN(Cc1csc2ccccc12)C(=O)CCO. The van der Waals surface area contributed by atoms with Crippen LogP contribution in [0.15, 0.2) is 29.6 Å². The van der Waals surface area contributed by atoms with Crippen molar-refractivity contribution in [1.82, 2.24) is 4.90 Å². The van der Waals surface area contributed by atoms with Gasteiger partial charge in [-0.25, -0.2) is 0 Å². The van der Waals surface area contributed by atoms with E-state index in [0.29, 0.717) is 6.54 Å². The van der Waals surface area contributed by atoms with Gasteiger partial charge in [-0.15, -0.1) is 11.3 Å². The third-order valence-corrected chi connectivity index (χ3v) is 3.73. The lowest BCUT2D eigenvalue weighted by atomic mass is 10.1. The fraction of sp³-hybridized carbons (Fsp3) is 0.308. The van der Waals surface area contributed by atoms with Gasteiger partial charge in [0, 0.05) is 24.7 Å². The second kappa shape index (κ2) is 5.29. The second-order valence-electron chi connectivity index (χ2n) is 3.98. The summed E-state index contributed by atoms with van der Waals surface area (Å²) in [5.41, 5.74) is 1.17. The van der Waals surface area contributed by atoms with E-state index in [1.165, 1.54) is 15.6 Å². The van der Waals surface area contributed by atoms with Gasteiger partial charge >= 0.3 is 0 Å². The molecule has 0 fully saturated rings. The predicted molar refractivity (Wildman–Crippen MR) is 70.0 cm³/mol. The summed E-state index contributed by atoms with van der Waals surface area (Å²) < 4.78 is 1.24. The van der Waals surface area contributed by atoms with E-state index in [9.17, 15) is 4.79 Å². The van der Waals surface area contributed by atoms with Gasteiger partial charge < -0.3 is 10.0 Å². The Balaban J connectivity index is 2.16. The molecule has 1 aromatic carbocycles. The molecule has 1 heterocycles. The van der Waals surface area contributed by atoms with Crippen molar-refractivity contribution in [1.29, 1.82) is 0 Å². The average molecular weight is 249 g/mol. The maximum Gasteiger partial charge on any atom is 0.224 e. The maximum atomic E-state index is 11.6. The number of hydrogen-bond donors (Lipinski definition) is 1. The molecule has 4 heteroatoms. The Bertz CT molecular complexity index is 521. The molecular formula is C13H15NO2S. The van der Waals surface area contributed by atoms with Crippen molar-refractivity contribution < 1.29 is 9.90 Å². The summed E-state index contributed by atoms with van der Waals surface area (Å²) in [6.07, 6.45) is 0.193. The first-order valence-electron chi connectivity index (χ1n) is 5.52. The van der Waals surface area contributed by atoms with Crippen LogP contribution in [0.2, 0.25) is 0 Å². The molecule has 0 unspecified atom stereocenters. The van der Waals surface area contributed by atoms with E-state index < -0.39 is 0 Å². The molecule has 1 amide bonds. The summed E-state index contributed by atoms with van der Waals surface area (Å²) in [5.74, 6) is -0.0252. The number of thiophene rings is 1. The first kappa shape index (κ1) is 12.1. The van der Waals surface area contributed by atoms with Crippen molar-refractivity contribution in [3.05, 3.63) is 35.2 Å². The van der Waals surface area contributed by atoms with Gasteiger partial charge in [0.25, 0.3) is 0 Å². The molecule has 2 aromatic rings. The highest BCUT2D eigenvalue weighted by atomic mass is 32.1. The molecule has 0 spiro atoms. The topological polar surface area (TPSA) is 40.5 Å². The third-order valence-electron chi connectivity index (χ3n) is 2.72. The van der Waals surface area contributed by atoms with Crippen LogP contribution in [0.3, 0.4) is 0 Å². The third kappa shape index (κ3) is 2.65. The van der Waals surface area contributed by atoms with Gasteiger partial charge in [0.1, 0.15) is 0 Å². The van der Waals surface area contributed by atoms with Crippen LogP contribution in [0, 0.1) is 0 Å². The molecule has 17 heavy (non-hydrogen) atoms. The summed E-state index contributed by atoms with van der Waals surface area (Å²) in [6.45, 7) is 0.510. The van der Waals surface area contributed by atoms with E-state index in [1.54, 1.807) is 23.3 Å². The van der Waals surface area contributed by atoms with Crippen LogP contribution >= 0.6 is 11.3 Å². The lowest BCUT2D eigenvalue weighted by molar-refractivity contribution is -0.131. The summed E-state index contributed by atoms with van der Waals surface area (Å²) in [6, 6.07) is 8.18. The Hall–Kier alpha value is -1.39. The highest BCUT2D eigenvalue weighted by Gasteiger charge is 2.11. The molecule has 0 radical (unpaired) electrons. The van der Waals surface area contributed by atoms with E-state index in [-0.39, 0.29) is 18.9 Å². The second-order valence-corrected chi connectivity index (χ2v) is 4.89. The highest BCUT2D eigenvalue weighted by Crippen LogP contribution is 2.26. The molecular weight excluding hydrogens is 234 g/mol. The number of aliphatic hydroxyl groups excluding tert-OH is 1. The summed E-state index contributed by atoms with van der Waals surface area (Å²) in [5, 5.41) is 12.0. The molecule has 0 atom stereocenters. The largest absolute Gasteiger partial charge is 0.396 e. The Morgan fingerprint density at radius 2 is 2.18 bits per heavy atom. The molecule has 0 saturated carbocycles. The predicted octanol–water partition coefficient (Wildman–Crippen LogP) is 2.24. The number of fused-ring (bicyclic) bond motifs is 1. The van der Waals surface area contributed by atoms with Gasteiger partial charge in [0.2, 0.25) is 5.91 Å². The van der Waals surface area contributed by atoms with Crippen LogP contribution in [-0.2, 0) is 11.3 Å². The quantitative estimate of drug-likeness (QED) is 0.902. The smallest absolute Gasteiger partial charge is 0.224 e. The summed E-state index contributed by atoms with van der Waals surface area (Å²) in [4.78, 5) is 13.2. The van der Waals surface area contributed by atoms with Crippen molar-refractivity contribution in [2.75, 3.05) is 13.7 Å². The molecule has 0 bridgehead atoms. The van der Waals surface area contributed by atoms with Crippen molar-refractivity contribution in [3.63, 3.8) is 0 Å². The van der Waals surface area contributed by atoms with E-state index in [1.807, 2.05) is 12.1 Å². The maximum absolute atomic E-state index is 11.6. The minimum atomic E-state index is -0.0897. The molecule has 0 aliphatic heterocycles. The van der Waals surface area contributed by atoms with Crippen LogP contribution < -0.4 is 0 Å². The number of benzene rings is 1. The van der Waals surface area contributed by atoms with Crippen LogP contribution in [0.25, 0.3) is 10.1 Å². The van der Waals surface area contributed by atoms with Gasteiger partial charge in [-0.1, -0.05) is 18.2 Å². The Kier molecular flexibility index (Phi) is 3.76. The van der Waals surface area contributed by atoms with Gasteiger partial charge in [0.05, 0.1) is 6.61 Å². The number of hydrogen-bond acceptors (Lipinski definition) is 3. The van der Waals surface area contributed by atoms with Crippen molar-refractivity contribution in [2.45, 2.75) is 13.0 Å². The van der Waals surface area contributed by atoms with Crippen molar-refractivity contribution in [3.8, 4) is 0 Å². The molecule has 90 valence electrons. The molecule has 1 aromatic heterocycles. The summed E-state index contributed by atoms with van der Waals surface area (Å²) in [7, 11) is 1.77. The Morgan fingerprint density at radius 3 is 2.94 bits per heavy atom. The fourth-order valence-corrected chi connectivity index (χ4v) is 2.74. The minimum absolute atomic E-state index is 0.0252. The zero-order chi connectivity index (χ0) is 12.3. The zero-order valence-electron chi connectivity index (χ0n) is 9.72. The first-order chi connectivity index (χ1) is 8.22. The molecule has 0 aliphatic rings. The van der Waals surface area contributed by atoms with Gasteiger partial charge in [0.15, 0.2) is 0 Å². The molecule has 0 saturated heterocycles. The van der Waals surface area contributed by atoms with Gasteiger partial charge in [-0.05, 0) is 22.4 Å².